The molecule has 1 heterocycles. The van der Waals surface area contributed by atoms with Crippen molar-refractivity contribution < 1.29 is 0 Å². The van der Waals surface area contributed by atoms with E-state index < -0.39 is 8.07 Å². The molecular weight excluding hydrogens is 280 g/mol. The summed E-state index contributed by atoms with van der Waals surface area (Å²) in [5.41, 5.74) is 2.82. The molecule has 0 aromatic heterocycles. The zero-order valence-electron chi connectivity index (χ0n) is 11.6. The predicted octanol–water partition coefficient (Wildman–Crippen LogP) is 4.30. The van der Waals surface area contributed by atoms with Gasteiger partial charge >= 0.3 is 0 Å². The quantitative estimate of drug-likeness (QED) is 0.542. The lowest BCUT2D eigenvalue weighted by Gasteiger charge is -2.19. The summed E-state index contributed by atoms with van der Waals surface area (Å²) in [6.45, 7) is 4.84. The minimum absolute atomic E-state index is 0.882. The molecule has 4 rings (SSSR count). The number of hydrogen-bond donors (Lipinski definition) is 0. The molecule has 0 radical (unpaired) electrons. The Bertz CT molecular complexity index is 849. The minimum atomic E-state index is -1.61. The van der Waals surface area contributed by atoms with Crippen LogP contribution in [-0.4, -0.2) is 8.07 Å². The van der Waals surface area contributed by atoms with E-state index in [1.54, 1.807) is 0 Å². The molecule has 20 heavy (non-hydrogen) atoms. The maximum Gasteiger partial charge on any atom is 0.113 e. The van der Waals surface area contributed by atoms with Crippen LogP contribution in [0.2, 0.25) is 18.1 Å². The standard InChI is InChI=1S/C18H15ClSi/c1-20(2)16-10-6-5-9-14(16)18-13-8-4-3-7-12(13)15(19)11-17(18)20/h3-11H,1-2H3. The molecule has 0 atom stereocenters. The van der Waals surface area contributed by atoms with E-state index in [1.807, 2.05) is 0 Å². The summed E-state index contributed by atoms with van der Waals surface area (Å²) in [5, 5.41) is 6.34. The van der Waals surface area contributed by atoms with Gasteiger partial charge in [0.25, 0.3) is 0 Å². The zero-order chi connectivity index (χ0) is 13.9. The smallest absolute Gasteiger partial charge is 0.0837 e. The van der Waals surface area contributed by atoms with E-state index in [-0.39, 0.29) is 0 Å². The average molecular weight is 295 g/mol. The number of fused-ring (bicyclic) bond motifs is 5. The van der Waals surface area contributed by atoms with E-state index in [2.05, 4.69) is 67.7 Å². The van der Waals surface area contributed by atoms with E-state index >= 15 is 0 Å². The molecule has 0 saturated carbocycles. The molecule has 1 aliphatic rings. The molecular formula is C18H15ClSi. The third-order valence-electron chi connectivity index (χ3n) is 4.54. The van der Waals surface area contributed by atoms with Crippen LogP contribution in [0, 0.1) is 0 Å². The van der Waals surface area contributed by atoms with Crippen molar-refractivity contribution in [2.75, 3.05) is 0 Å². The van der Waals surface area contributed by atoms with Crippen molar-refractivity contribution in [3.63, 3.8) is 0 Å². The van der Waals surface area contributed by atoms with Gasteiger partial charge in [0.2, 0.25) is 0 Å². The van der Waals surface area contributed by atoms with Crippen LogP contribution in [0.5, 0.6) is 0 Å². The summed E-state index contributed by atoms with van der Waals surface area (Å²) in [6, 6.07) is 19.6. The van der Waals surface area contributed by atoms with Gasteiger partial charge in [-0.05, 0) is 33.0 Å². The highest BCUT2D eigenvalue weighted by Crippen LogP contribution is 2.36. The molecule has 2 heteroatoms. The number of benzene rings is 3. The summed E-state index contributed by atoms with van der Waals surface area (Å²) in [7, 11) is -1.61. The first-order valence-electron chi connectivity index (χ1n) is 6.92. The van der Waals surface area contributed by atoms with Crippen LogP contribution < -0.4 is 10.4 Å². The van der Waals surface area contributed by atoms with Crippen LogP contribution in [0.25, 0.3) is 21.9 Å². The molecule has 0 saturated heterocycles. The largest absolute Gasteiger partial charge is 0.113 e. The third-order valence-corrected chi connectivity index (χ3v) is 8.37. The van der Waals surface area contributed by atoms with Crippen LogP contribution in [0.15, 0.2) is 54.6 Å². The summed E-state index contributed by atoms with van der Waals surface area (Å²) in [6.07, 6.45) is 0. The second-order valence-corrected chi connectivity index (χ2v) is 10.7. The molecule has 0 fully saturated rings. The van der Waals surface area contributed by atoms with E-state index in [4.69, 9.17) is 11.6 Å². The van der Waals surface area contributed by atoms with Crippen molar-refractivity contribution in [3.8, 4) is 11.1 Å². The van der Waals surface area contributed by atoms with Crippen molar-refractivity contribution in [1.29, 1.82) is 0 Å². The van der Waals surface area contributed by atoms with E-state index in [0.717, 1.165) is 10.4 Å². The molecule has 0 amide bonds. The topological polar surface area (TPSA) is 0 Å². The third kappa shape index (κ3) is 1.42. The number of halogens is 1. The summed E-state index contributed by atoms with van der Waals surface area (Å²) in [5.74, 6) is 0. The Morgan fingerprint density at radius 3 is 2.25 bits per heavy atom. The van der Waals surface area contributed by atoms with E-state index in [1.165, 1.54) is 26.9 Å². The predicted molar refractivity (Wildman–Crippen MR) is 91.1 cm³/mol. The van der Waals surface area contributed by atoms with E-state index in [0.29, 0.717) is 0 Å². The van der Waals surface area contributed by atoms with Gasteiger partial charge < -0.3 is 0 Å². The maximum absolute atomic E-state index is 6.53. The van der Waals surface area contributed by atoms with Crippen molar-refractivity contribution in [3.05, 3.63) is 59.6 Å². The fourth-order valence-corrected chi connectivity index (χ4v) is 6.96. The fourth-order valence-electron chi connectivity index (χ4n) is 3.51. The fraction of sp³-hybridized carbons (Fsp3) is 0.111. The molecule has 0 nitrogen and oxygen atoms in total. The number of hydrogen-bond acceptors (Lipinski definition) is 0. The van der Waals surface area contributed by atoms with Gasteiger partial charge in [0, 0.05) is 10.4 Å². The highest BCUT2D eigenvalue weighted by Gasteiger charge is 2.38. The Morgan fingerprint density at radius 1 is 0.800 bits per heavy atom. The molecule has 0 unspecified atom stereocenters. The van der Waals surface area contributed by atoms with Gasteiger partial charge in [0.05, 0.1) is 0 Å². The minimum Gasteiger partial charge on any atom is -0.0837 e. The lowest BCUT2D eigenvalue weighted by molar-refractivity contribution is 1.73. The highest BCUT2D eigenvalue weighted by molar-refractivity contribution is 7.04. The second-order valence-electron chi connectivity index (χ2n) is 6.00. The molecule has 3 aromatic rings. The van der Waals surface area contributed by atoms with Crippen LogP contribution in [0.4, 0.5) is 0 Å². The van der Waals surface area contributed by atoms with Gasteiger partial charge in [-0.3, -0.25) is 0 Å². The van der Waals surface area contributed by atoms with Crippen LogP contribution >= 0.6 is 11.6 Å². The Morgan fingerprint density at radius 2 is 1.45 bits per heavy atom. The van der Waals surface area contributed by atoms with E-state index in [9.17, 15) is 0 Å². The molecule has 0 N–H and O–H groups in total. The lowest BCUT2D eigenvalue weighted by atomic mass is 9.98. The molecule has 3 aromatic carbocycles. The molecule has 0 spiro atoms. The van der Waals surface area contributed by atoms with Gasteiger partial charge in [-0.1, -0.05) is 73.2 Å². The van der Waals surface area contributed by atoms with Crippen LogP contribution in [-0.2, 0) is 0 Å². The monoisotopic (exact) mass is 294 g/mol. The van der Waals surface area contributed by atoms with Crippen molar-refractivity contribution in [2.45, 2.75) is 13.1 Å². The van der Waals surface area contributed by atoms with Gasteiger partial charge in [-0.2, -0.15) is 0 Å². The summed E-state index contributed by atoms with van der Waals surface area (Å²) >= 11 is 6.53. The zero-order valence-corrected chi connectivity index (χ0v) is 13.3. The Labute approximate surface area is 125 Å². The van der Waals surface area contributed by atoms with Crippen LogP contribution in [0.1, 0.15) is 0 Å². The molecule has 0 aliphatic carbocycles. The van der Waals surface area contributed by atoms with Gasteiger partial charge in [0.15, 0.2) is 0 Å². The summed E-state index contributed by atoms with van der Waals surface area (Å²) < 4.78 is 0. The second kappa shape index (κ2) is 3.97. The lowest BCUT2D eigenvalue weighted by Crippen LogP contribution is -2.49. The van der Waals surface area contributed by atoms with Gasteiger partial charge in [0.1, 0.15) is 8.07 Å². The van der Waals surface area contributed by atoms with Gasteiger partial charge in [-0.15, -0.1) is 0 Å². The normalized spacial score (nSPS) is 15.2. The molecule has 98 valence electrons. The van der Waals surface area contributed by atoms with Crippen LogP contribution in [0.3, 0.4) is 0 Å². The first-order chi connectivity index (χ1) is 9.60. The Hall–Kier alpha value is -1.57. The van der Waals surface area contributed by atoms with Gasteiger partial charge in [-0.25, -0.2) is 0 Å². The van der Waals surface area contributed by atoms with Crippen molar-refractivity contribution >= 4 is 40.8 Å². The summed E-state index contributed by atoms with van der Waals surface area (Å²) in [4.78, 5) is 0. The maximum atomic E-state index is 6.53. The SMILES string of the molecule is C[Si]1(C)c2ccccc2-c2c1cc(Cl)c1ccccc21. The molecule has 1 aliphatic heterocycles. The first kappa shape index (κ1) is 12.2. The Kier molecular flexibility index (Phi) is 2.42. The Balaban J connectivity index is 2.25. The first-order valence-corrected chi connectivity index (χ1v) is 10.3. The van der Waals surface area contributed by atoms with Crippen molar-refractivity contribution in [2.24, 2.45) is 0 Å². The number of rotatable bonds is 0. The molecule has 0 bridgehead atoms. The average Bonchev–Trinajstić information content (AvgIpc) is 2.69. The van der Waals surface area contributed by atoms with Crippen molar-refractivity contribution in [1.82, 2.24) is 0 Å². The highest BCUT2D eigenvalue weighted by atomic mass is 35.5.